The molecule has 3 aliphatic rings. The van der Waals surface area contributed by atoms with Crippen LogP contribution in [0, 0.1) is 9.87 Å². The van der Waals surface area contributed by atoms with Crippen LogP contribution in [0.2, 0.25) is 0 Å². The molecule has 0 spiro atoms. The normalized spacial score (nSPS) is 24.6. The van der Waals surface area contributed by atoms with Crippen LogP contribution in [0.4, 0.5) is 5.13 Å². The van der Waals surface area contributed by atoms with Gasteiger partial charge in [-0.2, -0.15) is 4.68 Å². The number of hydrogen-bond donors (Lipinski definition) is 1. The number of hydrogen-bond acceptors (Lipinski definition) is 5. The maximum absolute atomic E-state index is 12.4. The molecule has 8 heteroatoms. The van der Waals surface area contributed by atoms with E-state index in [0.29, 0.717) is 18.5 Å². The first kappa shape index (κ1) is 18.0. The van der Waals surface area contributed by atoms with Crippen molar-refractivity contribution in [2.45, 2.75) is 64.2 Å². The van der Waals surface area contributed by atoms with Crippen LogP contribution >= 0.6 is 34.9 Å². The Labute approximate surface area is 172 Å². The summed E-state index contributed by atoms with van der Waals surface area (Å²) in [6.07, 6.45) is 6.53. The van der Waals surface area contributed by atoms with Gasteiger partial charge >= 0.3 is 0 Å². The number of aromatic nitrogens is 2. The summed E-state index contributed by atoms with van der Waals surface area (Å²) in [5, 5.41) is 7.86. The van der Waals surface area contributed by atoms with Gasteiger partial charge in [-0.25, -0.2) is 0 Å². The van der Waals surface area contributed by atoms with Crippen LogP contribution in [-0.4, -0.2) is 28.3 Å². The molecular weight excluding hydrogens is 396 g/mol. The summed E-state index contributed by atoms with van der Waals surface area (Å²) in [5.74, 6) is 0.975. The third-order valence-electron chi connectivity index (χ3n) is 5.96. The van der Waals surface area contributed by atoms with E-state index in [1.54, 1.807) is 15.3 Å². The van der Waals surface area contributed by atoms with Gasteiger partial charge in [-0.15, -0.1) is 16.4 Å². The first-order valence-electron chi connectivity index (χ1n) is 9.96. The second-order valence-corrected chi connectivity index (χ2v) is 10.5. The number of carbonyl (C=O) groups excluding carboxylic acids is 1. The summed E-state index contributed by atoms with van der Waals surface area (Å²) in [6, 6.07) is 3.26. The van der Waals surface area contributed by atoms with E-state index >= 15 is 0 Å². The standard InChI is InChI=1S/C19H24N4OS3/c1-2-16(24)23(13-5-6-13)18-20-22(19(25)27-18)11-21-9-7-15-14(8-10-26-15)17(21)12-3-4-12/h8,10,12-13,17H,2-7,9,11H2,1H3/p+1/t17-/m0/s1. The number of fused-ring (bicyclic) bond motifs is 1. The van der Waals surface area contributed by atoms with Gasteiger partial charge in [0.2, 0.25) is 11.0 Å². The van der Waals surface area contributed by atoms with Crippen molar-refractivity contribution in [3.63, 3.8) is 0 Å². The van der Waals surface area contributed by atoms with Gasteiger partial charge in [0.05, 0.1) is 6.54 Å². The van der Waals surface area contributed by atoms with Gasteiger partial charge in [0.1, 0.15) is 6.04 Å². The smallest absolute Gasteiger partial charge is 0.228 e. The minimum atomic E-state index is 0.164. The first-order valence-corrected chi connectivity index (χ1v) is 12.1. The fourth-order valence-electron chi connectivity index (χ4n) is 4.33. The molecule has 0 radical (unpaired) electrons. The molecule has 1 unspecified atom stereocenters. The molecule has 2 saturated carbocycles. The molecule has 1 N–H and O–H groups in total. The Hall–Kier alpha value is -1.09. The second-order valence-electron chi connectivity index (χ2n) is 7.93. The van der Waals surface area contributed by atoms with Gasteiger partial charge in [-0.1, -0.05) is 18.3 Å². The predicted molar refractivity (Wildman–Crippen MR) is 111 cm³/mol. The van der Waals surface area contributed by atoms with Crippen molar-refractivity contribution in [1.29, 1.82) is 0 Å². The molecule has 2 aliphatic carbocycles. The minimum absolute atomic E-state index is 0.164. The number of nitrogens with one attached hydrogen (secondary N) is 1. The summed E-state index contributed by atoms with van der Waals surface area (Å²) in [7, 11) is 0. The zero-order chi connectivity index (χ0) is 18.5. The lowest BCUT2D eigenvalue weighted by molar-refractivity contribution is -0.958. The molecule has 1 amide bonds. The Kier molecular flexibility index (Phi) is 4.70. The predicted octanol–water partition coefficient (Wildman–Crippen LogP) is 3.19. The Morgan fingerprint density at radius 2 is 2.22 bits per heavy atom. The molecular formula is C19H25N4OS3+. The van der Waals surface area contributed by atoms with Crippen molar-refractivity contribution in [1.82, 2.24) is 9.78 Å². The van der Waals surface area contributed by atoms with Crippen LogP contribution in [0.5, 0.6) is 0 Å². The molecule has 2 aromatic rings. The van der Waals surface area contributed by atoms with Crippen molar-refractivity contribution >= 4 is 45.9 Å². The van der Waals surface area contributed by atoms with Crippen LogP contribution in [0.25, 0.3) is 0 Å². The highest BCUT2D eigenvalue weighted by Gasteiger charge is 2.43. The van der Waals surface area contributed by atoms with E-state index in [1.165, 1.54) is 24.2 Å². The lowest BCUT2D eigenvalue weighted by Gasteiger charge is -2.32. The van der Waals surface area contributed by atoms with E-state index in [2.05, 4.69) is 11.4 Å². The third-order valence-corrected chi connectivity index (χ3v) is 8.26. The molecule has 0 aromatic carbocycles. The van der Waals surface area contributed by atoms with E-state index in [4.69, 9.17) is 17.3 Å². The molecule has 144 valence electrons. The Balaban J connectivity index is 1.40. The quantitative estimate of drug-likeness (QED) is 0.729. The SMILES string of the molecule is CCC(=O)N(c1nn(C[NH+]2CCc3sccc3[C@@H]2C2CC2)c(=S)s1)C1CC1. The molecule has 5 rings (SSSR count). The van der Waals surface area contributed by atoms with E-state index in [0.717, 1.165) is 47.5 Å². The fourth-order valence-corrected chi connectivity index (χ4v) is 6.44. The number of quaternary nitrogens is 1. The number of amides is 1. The van der Waals surface area contributed by atoms with E-state index < -0.39 is 0 Å². The number of nitrogens with zero attached hydrogens (tertiary/aromatic N) is 3. The number of thiophene rings is 1. The highest BCUT2D eigenvalue weighted by Crippen LogP contribution is 2.42. The Morgan fingerprint density at radius 1 is 1.41 bits per heavy atom. The molecule has 0 saturated heterocycles. The maximum atomic E-state index is 12.4. The van der Waals surface area contributed by atoms with Crippen molar-refractivity contribution in [2.75, 3.05) is 11.4 Å². The zero-order valence-corrected chi connectivity index (χ0v) is 18.0. The van der Waals surface area contributed by atoms with Crippen molar-refractivity contribution < 1.29 is 9.69 Å². The largest absolute Gasteiger partial charge is 0.310 e. The van der Waals surface area contributed by atoms with Crippen molar-refractivity contribution in [3.8, 4) is 0 Å². The first-order chi connectivity index (χ1) is 13.2. The lowest BCUT2D eigenvalue weighted by Crippen LogP contribution is -3.13. The number of anilines is 1. The monoisotopic (exact) mass is 421 g/mol. The number of rotatable bonds is 6. The summed E-state index contributed by atoms with van der Waals surface area (Å²) in [4.78, 5) is 17.5. The molecule has 27 heavy (non-hydrogen) atoms. The Bertz CT molecular complexity index is 908. The average Bonchev–Trinajstić information content (AvgIpc) is 3.58. The Morgan fingerprint density at radius 3 is 2.93 bits per heavy atom. The van der Waals surface area contributed by atoms with Crippen LogP contribution < -0.4 is 9.80 Å². The summed E-state index contributed by atoms with van der Waals surface area (Å²) < 4.78 is 2.77. The lowest BCUT2D eigenvalue weighted by atomic mass is 9.96. The van der Waals surface area contributed by atoms with Crippen LogP contribution in [0.3, 0.4) is 0 Å². The molecule has 3 heterocycles. The second kappa shape index (κ2) is 7.06. The average molecular weight is 422 g/mol. The maximum Gasteiger partial charge on any atom is 0.228 e. The molecule has 5 nitrogen and oxygen atoms in total. The highest BCUT2D eigenvalue weighted by atomic mass is 32.1. The molecule has 2 atom stereocenters. The van der Waals surface area contributed by atoms with Gasteiger partial charge < -0.3 is 4.90 Å². The third kappa shape index (κ3) is 3.41. The van der Waals surface area contributed by atoms with E-state index in [1.807, 2.05) is 27.8 Å². The summed E-state index contributed by atoms with van der Waals surface area (Å²) >= 11 is 9.05. The van der Waals surface area contributed by atoms with Gasteiger partial charge in [0, 0.05) is 35.2 Å². The van der Waals surface area contributed by atoms with Gasteiger partial charge in [0.15, 0.2) is 10.6 Å². The topological polar surface area (TPSA) is 42.6 Å². The van der Waals surface area contributed by atoms with E-state index in [-0.39, 0.29) is 5.91 Å². The van der Waals surface area contributed by atoms with Crippen LogP contribution in [0.1, 0.15) is 55.5 Å². The molecule has 1 aliphatic heterocycles. The highest BCUT2D eigenvalue weighted by molar-refractivity contribution is 7.73. The summed E-state index contributed by atoms with van der Waals surface area (Å²) in [6.45, 7) is 3.87. The molecule has 0 bridgehead atoms. The van der Waals surface area contributed by atoms with E-state index in [9.17, 15) is 4.79 Å². The zero-order valence-electron chi connectivity index (χ0n) is 15.5. The molecule has 2 aromatic heterocycles. The minimum Gasteiger partial charge on any atom is -0.310 e. The van der Waals surface area contributed by atoms with Gasteiger partial charge in [-0.05, 0) is 49.3 Å². The van der Waals surface area contributed by atoms with Gasteiger partial charge in [0.25, 0.3) is 0 Å². The summed E-state index contributed by atoms with van der Waals surface area (Å²) in [5.41, 5.74) is 1.56. The van der Waals surface area contributed by atoms with Gasteiger partial charge in [-0.3, -0.25) is 9.69 Å². The van der Waals surface area contributed by atoms with Crippen LogP contribution in [0.15, 0.2) is 11.4 Å². The fraction of sp³-hybridized carbons (Fsp3) is 0.632. The van der Waals surface area contributed by atoms with Crippen LogP contribution in [-0.2, 0) is 17.9 Å². The van der Waals surface area contributed by atoms with Crippen molar-refractivity contribution in [3.05, 3.63) is 25.8 Å². The molecule has 2 fully saturated rings. The van der Waals surface area contributed by atoms with Crippen molar-refractivity contribution in [2.24, 2.45) is 5.92 Å². The number of carbonyl (C=O) groups is 1.